The smallest absolute Gasteiger partial charge is 0.250 e. The quantitative estimate of drug-likeness (QED) is 0.706. The van der Waals surface area contributed by atoms with Gasteiger partial charge in [0, 0.05) is 17.3 Å². The second-order valence-electron chi connectivity index (χ2n) is 9.93. The molecule has 0 radical (unpaired) electrons. The van der Waals surface area contributed by atoms with E-state index in [0.717, 1.165) is 52.9 Å². The van der Waals surface area contributed by atoms with Gasteiger partial charge in [0.05, 0.1) is 17.5 Å². The van der Waals surface area contributed by atoms with Gasteiger partial charge in [-0.2, -0.15) is 0 Å². The lowest BCUT2D eigenvalue weighted by Crippen LogP contribution is -2.54. The molecule has 2 aromatic carbocycles. The van der Waals surface area contributed by atoms with Crippen LogP contribution in [-0.2, 0) is 19.9 Å². The number of benzene rings is 2. The normalized spacial score (nSPS) is 30.8. The van der Waals surface area contributed by atoms with Gasteiger partial charge in [0.25, 0.3) is 0 Å². The number of nitrogens with zero attached hydrogens (tertiary/aromatic N) is 2. The standard InChI is InChI=1S/C26H27N3O3/c1-13-7-8-18(15(3)10-13)29-23(30)20-19-6-5-9-28(19)26(21(20)24(29)31)17-12-14(2)11-16(4)22(17)27-25(26)32/h7-8,10-12,19-21H,5-6,9H2,1-4H3,(H,27,32)/t19-,20+,21+,26-/m1/s1. The Morgan fingerprint density at radius 2 is 1.69 bits per heavy atom. The molecule has 1 N–H and O–H groups in total. The molecule has 6 heteroatoms. The van der Waals surface area contributed by atoms with E-state index in [1.807, 2.05) is 52.0 Å². The molecular formula is C26H27N3O3. The van der Waals surface area contributed by atoms with E-state index in [1.54, 1.807) is 0 Å². The van der Waals surface area contributed by atoms with E-state index in [9.17, 15) is 14.4 Å². The number of carbonyl (C=O) groups is 3. The molecular weight excluding hydrogens is 402 g/mol. The first-order valence-corrected chi connectivity index (χ1v) is 11.4. The van der Waals surface area contributed by atoms with Crippen molar-refractivity contribution in [1.82, 2.24) is 4.90 Å². The fourth-order valence-corrected chi connectivity index (χ4v) is 6.95. The van der Waals surface area contributed by atoms with Gasteiger partial charge in [-0.05, 0) is 64.3 Å². The highest BCUT2D eigenvalue weighted by atomic mass is 16.2. The molecule has 3 amide bonds. The van der Waals surface area contributed by atoms with Gasteiger partial charge in [-0.25, -0.2) is 4.90 Å². The molecule has 2 aromatic rings. The molecule has 0 bridgehead atoms. The van der Waals surface area contributed by atoms with Crippen LogP contribution in [0.5, 0.6) is 0 Å². The molecule has 1 spiro atoms. The van der Waals surface area contributed by atoms with Crippen LogP contribution >= 0.6 is 0 Å². The van der Waals surface area contributed by atoms with Crippen LogP contribution in [0.15, 0.2) is 30.3 Å². The lowest BCUT2D eigenvalue weighted by atomic mass is 9.75. The molecule has 6 rings (SSSR count). The largest absolute Gasteiger partial charge is 0.324 e. The minimum Gasteiger partial charge on any atom is -0.324 e. The number of rotatable bonds is 1. The molecule has 32 heavy (non-hydrogen) atoms. The van der Waals surface area contributed by atoms with Crippen LogP contribution in [0, 0.1) is 39.5 Å². The highest BCUT2D eigenvalue weighted by Gasteiger charge is 2.74. The van der Waals surface area contributed by atoms with Gasteiger partial charge < -0.3 is 5.32 Å². The Labute approximate surface area is 187 Å². The number of hydrogen-bond donors (Lipinski definition) is 1. The fraction of sp³-hybridized carbons (Fsp3) is 0.423. The van der Waals surface area contributed by atoms with Gasteiger partial charge >= 0.3 is 0 Å². The molecule has 4 atom stereocenters. The summed E-state index contributed by atoms with van der Waals surface area (Å²) in [6, 6.07) is 9.78. The van der Waals surface area contributed by atoms with Crippen LogP contribution in [0.25, 0.3) is 0 Å². The Morgan fingerprint density at radius 1 is 0.938 bits per heavy atom. The van der Waals surface area contributed by atoms with Crippen molar-refractivity contribution in [1.29, 1.82) is 0 Å². The second kappa shape index (κ2) is 6.29. The van der Waals surface area contributed by atoms with Gasteiger partial charge in [-0.15, -0.1) is 0 Å². The molecule has 0 aliphatic carbocycles. The maximum Gasteiger partial charge on any atom is 0.250 e. The molecule has 4 heterocycles. The summed E-state index contributed by atoms with van der Waals surface area (Å²) in [6.07, 6.45) is 1.75. The minimum absolute atomic E-state index is 0.0928. The van der Waals surface area contributed by atoms with Crippen LogP contribution < -0.4 is 10.2 Å². The first-order valence-electron chi connectivity index (χ1n) is 11.4. The number of nitrogens with one attached hydrogen (secondary N) is 1. The molecule has 6 nitrogen and oxygen atoms in total. The Kier molecular flexibility index (Phi) is 3.87. The molecule has 0 saturated carbocycles. The fourth-order valence-electron chi connectivity index (χ4n) is 6.95. The summed E-state index contributed by atoms with van der Waals surface area (Å²) in [7, 11) is 0. The van der Waals surface area contributed by atoms with Gasteiger partial charge in [0.1, 0.15) is 5.54 Å². The second-order valence-corrected chi connectivity index (χ2v) is 9.93. The molecule has 4 aliphatic heterocycles. The Bertz CT molecular complexity index is 1240. The van der Waals surface area contributed by atoms with Gasteiger partial charge in [0.2, 0.25) is 17.7 Å². The Hall–Kier alpha value is -2.99. The summed E-state index contributed by atoms with van der Waals surface area (Å²) in [4.78, 5) is 45.2. The first-order chi connectivity index (χ1) is 15.3. The number of anilines is 2. The summed E-state index contributed by atoms with van der Waals surface area (Å²) in [5.74, 6) is -1.77. The van der Waals surface area contributed by atoms with Gasteiger partial charge in [0.15, 0.2) is 0 Å². The first kappa shape index (κ1) is 19.7. The Balaban J connectivity index is 1.58. The summed E-state index contributed by atoms with van der Waals surface area (Å²) < 4.78 is 0. The number of carbonyl (C=O) groups excluding carboxylic acids is 3. The predicted molar refractivity (Wildman–Crippen MR) is 121 cm³/mol. The van der Waals surface area contributed by atoms with Gasteiger partial charge in [-0.1, -0.05) is 35.4 Å². The molecule has 3 fully saturated rings. The van der Waals surface area contributed by atoms with E-state index < -0.39 is 17.4 Å². The summed E-state index contributed by atoms with van der Waals surface area (Å²) in [5, 5.41) is 3.10. The minimum atomic E-state index is -1.11. The zero-order valence-corrected chi connectivity index (χ0v) is 18.9. The van der Waals surface area contributed by atoms with Crippen molar-refractivity contribution >= 4 is 29.1 Å². The van der Waals surface area contributed by atoms with Crippen molar-refractivity contribution in [3.05, 3.63) is 58.1 Å². The average Bonchev–Trinajstić information content (AvgIpc) is 3.42. The number of hydrogen-bond acceptors (Lipinski definition) is 4. The molecule has 4 aliphatic rings. The molecule has 3 saturated heterocycles. The van der Waals surface area contributed by atoms with Gasteiger partial charge in [-0.3, -0.25) is 19.3 Å². The van der Waals surface area contributed by atoms with E-state index in [4.69, 9.17) is 0 Å². The van der Waals surface area contributed by atoms with Crippen molar-refractivity contribution < 1.29 is 14.4 Å². The maximum absolute atomic E-state index is 14.1. The zero-order chi connectivity index (χ0) is 22.5. The molecule has 164 valence electrons. The summed E-state index contributed by atoms with van der Waals surface area (Å²) in [5.41, 5.74) is 5.22. The number of aryl methyl sites for hydroxylation is 4. The molecule has 0 unspecified atom stereocenters. The van der Waals surface area contributed by atoms with E-state index in [1.165, 1.54) is 4.90 Å². The van der Waals surface area contributed by atoms with Crippen molar-refractivity contribution in [2.45, 2.75) is 52.1 Å². The maximum atomic E-state index is 14.1. The number of amides is 3. The van der Waals surface area contributed by atoms with Crippen LogP contribution in [0.3, 0.4) is 0 Å². The van der Waals surface area contributed by atoms with Crippen LogP contribution in [0.1, 0.15) is 40.7 Å². The van der Waals surface area contributed by atoms with Crippen LogP contribution in [0.4, 0.5) is 11.4 Å². The third kappa shape index (κ3) is 2.16. The third-order valence-electron chi connectivity index (χ3n) is 8.04. The average molecular weight is 430 g/mol. The van der Waals surface area contributed by atoms with Crippen molar-refractivity contribution in [2.75, 3.05) is 16.8 Å². The van der Waals surface area contributed by atoms with E-state index in [2.05, 4.69) is 16.3 Å². The summed E-state index contributed by atoms with van der Waals surface area (Å²) >= 11 is 0. The van der Waals surface area contributed by atoms with E-state index in [-0.39, 0.29) is 23.8 Å². The lowest BCUT2D eigenvalue weighted by molar-refractivity contribution is -0.135. The zero-order valence-electron chi connectivity index (χ0n) is 18.9. The van der Waals surface area contributed by atoms with E-state index in [0.29, 0.717) is 5.69 Å². The third-order valence-corrected chi connectivity index (χ3v) is 8.04. The summed E-state index contributed by atoms with van der Waals surface area (Å²) in [6.45, 7) is 8.65. The van der Waals surface area contributed by atoms with Crippen molar-refractivity contribution in [3.63, 3.8) is 0 Å². The lowest BCUT2D eigenvalue weighted by Gasteiger charge is -2.37. The molecule has 0 aromatic heterocycles. The number of imide groups is 1. The highest BCUT2D eigenvalue weighted by molar-refractivity contribution is 6.26. The Morgan fingerprint density at radius 3 is 2.44 bits per heavy atom. The van der Waals surface area contributed by atoms with Crippen molar-refractivity contribution in [3.8, 4) is 0 Å². The van der Waals surface area contributed by atoms with Crippen molar-refractivity contribution in [2.24, 2.45) is 11.8 Å². The van der Waals surface area contributed by atoms with Crippen LogP contribution in [-0.4, -0.2) is 35.2 Å². The topological polar surface area (TPSA) is 69.7 Å². The monoisotopic (exact) mass is 429 g/mol. The van der Waals surface area contributed by atoms with Crippen LogP contribution in [0.2, 0.25) is 0 Å². The SMILES string of the molecule is Cc1ccc(N2C(=O)[C@H]3[C@H]4CCCN4[C@@]4(C(=O)Nc5c(C)cc(C)cc54)[C@@H]3C2=O)c(C)c1. The number of fused-ring (bicyclic) bond motifs is 7. The van der Waals surface area contributed by atoms with E-state index >= 15 is 0 Å². The predicted octanol–water partition coefficient (Wildman–Crippen LogP) is 3.35. The highest BCUT2D eigenvalue weighted by Crippen LogP contribution is 2.61.